The zero-order chi connectivity index (χ0) is 17.5. The van der Waals surface area contributed by atoms with Gasteiger partial charge in [-0.2, -0.15) is 0 Å². The third-order valence-electron chi connectivity index (χ3n) is 4.41. The molecule has 0 aromatic heterocycles. The molecule has 0 saturated carbocycles. The molecule has 1 unspecified atom stereocenters. The van der Waals surface area contributed by atoms with Crippen molar-refractivity contribution in [3.8, 4) is 5.75 Å². The number of carbonyl (C=O) groups is 2. The number of rotatable bonds is 6. The van der Waals surface area contributed by atoms with E-state index in [4.69, 9.17) is 4.74 Å². The first kappa shape index (κ1) is 18.3. The Morgan fingerprint density at radius 3 is 2.46 bits per heavy atom. The molecule has 132 valence electrons. The average Bonchev–Trinajstić information content (AvgIpc) is 2.61. The Labute approximate surface area is 144 Å². The average molecular weight is 332 g/mol. The molecule has 1 aromatic rings. The van der Waals surface area contributed by atoms with Crippen molar-refractivity contribution in [2.24, 2.45) is 5.92 Å². The van der Waals surface area contributed by atoms with Crippen LogP contribution in [-0.4, -0.2) is 42.5 Å². The summed E-state index contributed by atoms with van der Waals surface area (Å²) < 4.78 is 5.74. The van der Waals surface area contributed by atoms with Gasteiger partial charge in [0.15, 0.2) is 6.10 Å². The van der Waals surface area contributed by atoms with Gasteiger partial charge < -0.3 is 15.0 Å². The molecule has 1 atom stereocenters. The molecule has 5 heteroatoms. The lowest BCUT2D eigenvalue weighted by Gasteiger charge is -2.33. The van der Waals surface area contributed by atoms with E-state index in [1.165, 1.54) is 0 Å². The normalized spacial score (nSPS) is 16.5. The van der Waals surface area contributed by atoms with Gasteiger partial charge in [0.05, 0.1) is 0 Å². The van der Waals surface area contributed by atoms with Crippen molar-refractivity contribution in [1.82, 2.24) is 10.2 Å². The molecule has 0 spiro atoms. The molecule has 5 nitrogen and oxygen atoms in total. The van der Waals surface area contributed by atoms with Gasteiger partial charge in [-0.05, 0) is 45.2 Å². The second kappa shape index (κ2) is 8.71. The lowest BCUT2D eigenvalue weighted by Crippen LogP contribution is -2.47. The summed E-state index contributed by atoms with van der Waals surface area (Å²) in [4.78, 5) is 26.3. The maximum Gasteiger partial charge on any atom is 0.263 e. The summed E-state index contributed by atoms with van der Waals surface area (Å²) in [6, 6.07) is 7.69. The van der Waals surface area contributed by atoms with Crippen molar-refractivity contribution >= 4 is 11.8 Å². The molecule has 1 N–H and O–H groups in total. The van der Waals surface area contributed by atoms with Gasteiger partial charge in [0.25, 0.3) is 5.91 Å². The van der Waals surface area contributed by atoms with Gasteiger partial charge >= 0.3 is 0 Å². The lowest BCUT2D eigenvalue weighted by atomic mass is 9.95. The Bertz CT molecular complexity index is 548. The van der Waals surface area contributed by atoms with E-state index >= 15 is 0 Å². The van der Waals surface area contributed by atoms with E-state index in [0.717, 1.165) is 31.4 Å². The molecule has 1 saturated heterocycles. The SMILES string of the molecule is CCCNC(=O)C1CCN(C(=O)C(C)Oc2ccc(C)cc2)CC1. The van der Waals surface area contributed by atoms with Gasteiger partial charge in [0, 0.05) is 25.6 Å². The molecule has 1 aliphatic rings. The number of piperidine rings is 1. The predicted octanol–water partition coefficient (Wildman–Crippen LogP) is 2.53. The van der Waals surface area contributed by atoms with Gasteiger partial charge in [-0.25, -0.2) is 0 Å². The number of benzene rings is 1. The molecule has 24 heavy (non-hydrogen) atoms. The predicted molar refractivity (Wildman–Crippen MR) is 93.9 cm³/mol. The summed E-state index contributed by atoms with van der Waals surface area (Å²) in [5.41, 5.74) is 1.16. The van der Waals surface area contributed by atoms with Crippen LogP contribution in [0.5, 0.6) is 5.75 Å². The largest absolute Gasteiger partial charge is 0.481 e. The molecule has 1 fully saturated rings. The zero-order valence-electron chi connectivity index (χ0n) is 14.9. The quantitative estimate of drug-likeness (QED) is 0.871. The van der Waals surface area contributed by atoms with Crippen molar-refractivity contribution in [2.75, 3.05) is 19.6 Å². The number of aryl methyl sites for hydroxylation is 1. The van der Waals surface area contributed by atoms with Crippen LogP contribution in [0.1, 0.15) is 38.7 Å². The van der Waals surface area contributed by atoms with Crippen LogP contribution >= 0.6 is 0 Å². The van der Waals surface area contributed by atoms with Crippen LogP contribution in [-0.2, 0) is 9.59 Å². The number of amides is 2. The number of ether oxygens (including phenoxy) is 1. The summed E-state index contributed by atoms with van der Waals surface area (Å²) in [7, 11) is 0. The van der Waals surface area contributed by atoms with Crippen LogP contribution in [0.3, 0.4) is 0 Å². The highest BCUT2D eigenvalue weighted by Gasteiger charge is 2.29. The van der Waals surface area contributed by atoms with Crippen molar-refractivity contribution in [3.05, 3.63) is 29.8 Å². The molecular weight excluding hydrogens is 304 g/mol. The van der Waals surface area contributed by atoms with Gasteiger partial charge in [-0.15, -0.1) is 0 Å². The van der Waals surface area contributed by atoms with Crippen molar-refractivity contribution < 1.29 is 14.3 Å². The lowest BCUT2D eigenvalue weighted by molar-refractivity contribution is -0.141. The Morgan fingerprint density at radius 1 is 1.25 bits per heavy atom. The van der Waals surface area contributed by atoms with E-state index in [1.54, 1.807) is 6.92 Å². The van der Waals surface area contributed by atoms with Gasteiger partial charge in [-0.1, -0.05) is 24.6 Å². The number of nitrogens with one attached hydrogen (secondary N) is 1. The summed E-state index contributed by atoms with van der Waals surface area (Å²) in [5.74, 6) is 0.833. The fraction of sp³-hybridized carbons (Fsp3) is 0.579. The first-order valence-electron chi connectivity index (χ1n) is 8.81. The number of nitrogens with zero attached hydrogens (tertiary/aromatic N) is 1. The van der Waals surface area contributed by atoms with E-state index < -0.39 is 6.10 Å². The molecule has 0 aliphatic carbocycles. The van der Waals surface area contributed by atoms with Crippen LogP contribution in [0, 0.1) is 12.8 Å². The fourth-order valence-corrected chi connectivity index (χ4v) is 2.88. The van der Waals surface area contributed by atoms with E-state index in [2.05, 4.69) is 5.32 Å². The Kier molecular flexibility index (Phi) is 6.64. The molecule has 0 radical (unpaired) electrons. The molecule has 1 heterocycles. The Hall–Kier alpha value is -2.04. The zero-order valence-corrected chi connectivity index (χ0v) is 14.9. The number of carbonyl (C=O) groups excluding carboxylic acids is 2. The minimum Gasteiger partial charge on any atom is -0.481 e. The molecule has 2 amide bonds. The summed E-state index contributed by atoms with van der Waals surface area (Å²) in [5, 5.41) is 2.94. The fourth-order valence-electron chi connectivity index (χ4n) is 2.88. The maximum atomic E-state index is 12.5. The minimum absolute atomic E-state index is 0.0111. The van der Waals surface area contributed by atoms with E-state index in [-0.39, 0.29) is 17.7 Å². The van der Waals surface area contributed by atoms with Gasteiger partial charge in [0.1, 0.15) is 5.75 Å². The van der Waals surface area contributed by atoms with Crippen LogP contribution < -0.4 is 10.1 Å². The second-order valence-electron chi connectivity index (χ2n) is 6.46. The summed E-state index contributed by atoms with van der Waals surface area (Å²) in [6.45, 7) is 7.78. The Morgan fingerprint density at radius 2 is 1.88 bits per heavy atom. The molecular formula is C19H28N2O3. The monoisotopic (exact) mass is 332 g/mol. The van der Waals surface area contributed by atoms with E-state index in [1.807, 2.05) is 43.0 Å². The van der Waals surface area contributed by atoms with Crippen molar-refractivity contribution in [3.63, 3.8) is 0 Å². The molecule has 2 rings (SSSR count). The first-order chi connectivity index (χ1) is 11.5. The standard InChI is InChI=1S/C19H28N2O3/c1-4-11-20-18(22)16-9-12-21(13-10-16)19(23)15(3)24-17-7-5-14(2)6-8-17/h5-8,15-16H,4,9-13H2,1-3H3,(H,20,22). The maximum absolute atomic E-state index is 12.5. The number of hydrogen-bond acceptors (Lipinski definition) is 3. The molecule has 0 bridgehead atoms. The van der Waals surface area contributed by atoms with Crippen LogP contribution in [0.25, 0.3) is 0 Å². The minimum atomic E-state index is -0.516. The molecule has 1 aliphatic heterocycles. The van der Waals surface area contributed by atoms with Crippen LogP contribution in [0.15, 0.2) is 24.3 Å². The summed E-state index contributed by atoms with van der Waals surface area (Å²) in [6.07, 6.45) is 1.87. The third-order valence-corrected chi connectivity index (χ3v) is 4.41. The van der Waals surface area contributed by atoms with E-state index in [0.29, 0.717) is 18.8 Å². The van der Waals surface area contributed by atoms with Gasteiger partial charge in [0.2, 0.25) is 5.91 Å². The number of hydrogen-bond donors (Lipinski definition) is 1. The third kappa shape index (κ3) is 4.98. The highest BCUT2D eigenvalue weighted by molar-refractivity contribution is 5.82. The van der Waals surface area contributed by atoms with E-state index in [9.17, 15) is 9.59 Å². The van der Waals surface area contributed by atoms with Gasteiger partial charge in [-0.3, -0.25) is 9.59 Å². The van der Waals surface area contributed by atoms with Crippen molar-refractivity contribution in [2.45, 2.75) is 46.1 Å². The highest BCUT2D eigenvalue weighted by atomic mass is 16.5. The molecule has 1 aromatic carbocycles. The highest BCUT2D eigenvalue weighted by Crippen LogP contribution is 2.20. The number of likely N-dealkylation sites (tertiary alicyclic amines) is 1. The topological polar surface area (TPSA) is 58.6 Å². The van der Waals surface area contributed by atoms with Crippen LogP contribution in [0.2, 0.25) is 0 Å². The first-order valence-corrected chi connectivity index (χ1v) is 8.81. The smallest absolute Gasteiger partial charge is 0.263 e. The summed E-state index contributed by atoms with van der Waals surface area (Å²) >= 11 is 0. The van der Waals surface area contributed by atoms with Crippen molar-refractivity contribution in [1.29, 1.82) is 0 Å². The van der Waals surface area contributed by atoms with Crippen LogP contribution in [0.4, 0.5) is 0 Å². The second-order valence-corrected chi connectivity index (χ2v) is 6.46. The Balaban J connectivity index is 1.81.